The summed E-state index contributed by atoms with van der Waals surface area (Å²) < 4.78 is 0. The van der Waals surface area contributed by atoms with E-state index < -0.39 is 17.9 Å². The molecule has 7 heteroatoms. The Labute approximate surface area is 109 Å². The van der Waals surface area contributed by atoms with Gasteiger partial charge < -0.3 is 20.8 Å². The Balaban J connectivity index is 2.86. The molecule has 1 aromatic carbocycles. The van der Waals surface area contributed by atoms with Gasteiger partial charge >= 0.3 is 5.97 Å². The molecule has 7 nitrogen and oxygen atoms in total. The van der Waals surface area contributed by atoms with Crippen LogP contribution in [0.3, 0.4) is 0 Å². The van der Waals surface area contributed by atoms with Crippen LogP contribution in [0.15, 0.2) is 18.2 Å². The lowest BCUT2D eigenvalue weighted by molar-refractivity contribution is -0.124. The van der Waals surface area contributed by atoms with Gasteiger partial charge in [-0.05, 0) is 25.1 Å². The number of carboxylic acid groups (broad SMARTS) is 1. The number of hydrogen-bond acceptors (Lipinski definition) is 4. The zero-order valence-corrected chi connectivity index (χ0v) is 10.4. The number of phenols is 1. The van der Waals surface area contributed by atoms with E-state index >= 15 is 0 Å². The summed E-state index contributed by atoms with van der Waals surface area (Å²) in [5.41, 5.74) is -0.0950. The van der Waals surface area contributed by atoms with Crippen LogP contribution in [-0.4, -0.2) is 34.0 Å². The molecule has 0 heterocycles. The van der Waals surface area contributed by atoms with Crippen LogP contribution in [0, 0.1) is 0 Å². The third-order valence-electron chi connectivity index (χ3n) is 2.31. The van der Waals surface area contributed by atoms with E-state index in [1.165, 1.54) is 26.0 Å². The summed E-state index contributed by atoms with van der Waals surface area (Å²) in [6.07, 6.45) is 0. The number of anilines is 1. The van der Waals surface area contributed by atoms with Crippen molar-refractivity contribution in [3.63, 3.8) is 0 Å². The van der Waals surface area contributed by atoms with Gasteiger partial charge in [0.1, 0.15) is 11.8 Å². The van der Waals surface area contributed by atoms with Crippen molar-refractivity contribution < 1.29 is 24.6 Å². The van der Waals surface area contributed by atoms with Gasteiger partial charge in [0.25, 0.3) is 0 Å². The van der Waals surface area contributed by atoms with Crippen LogP contribution in [0.1, 0.15) is 24.2 Å². The van der Waals surface area contributed by atoms with Crippen LogP contribution in [0.25, 0.3) is 0 Å². The highest BCUT2D eigenvalue weighted by molar-refractivity contribution is 5.99. The number of nitrogens with one attached hydrogen (secondary N) is 2. The van der Waals surface area contributed by atoms with Gasteiger partial charge in [0.2, 0.25) is 11.8 Å². The van der Waals surface area contributed by atoms with Gasteiger partial charge in [-0.15, -0.1) is 0 Å². The average molecular weight is 266 g/mol. The standard InChI is InChI=1S/C12H14N2O5/c1-6(13-7(2)15)11(17)14-9-5-8(12(18)19)3-4-10(9)16/h3-6,16H,1-2H3,(H,13,15)(H,14,17)(H,18,19). The first-order chi connectivity index (χ1) is 8.81. The minimum absolute atomic E-state index is 0.0258. The molecule has 0 fully saturated rings. The van der Waals surface area contributed by atoms with Crippen LogP contribution in [-0.2, 0) is 9.59 Å². The Morgan fingerprint density at radius 2 is 1.89 bits per heavy atom. The van der Waals surface area contributed by atoms with Crippen molar-refractivity contribution in [3.8, 4) is 5.75 Å². The van der Waals surface area contributed by atoms with Gasteiger partial charge in [-0.1, -0.05) is 0 Å². The highest BCUT2D eigenvalue weighted by atomic mass is 16.4. The quantitative estimate of drug-likeness (QED) is 0.594. The Hall–Kier alpha value is -2.57. The van der Waals surface area contributed by atoms with Crippen LogP contribution in [0.4, 0.5) is 5.69 Å². The van der Waals surface area contributed by atoms with Gasteiger partial charge in [0.05, 0.1) is 11.3 Å². The molecule has 0 radical (unpaired) electrons. The number of carboxylic acids is 1. The van der Waals surface area contributed by atoms with Gasteiger partial charge in [0.15, 0.2) is 0 Å². The van der Waals surface area contributed by atoms with E-state index in [4.69, 9.17) is 5.11 Å². The van der Waals surface area contributed by atoms with E-state index in [0.717, 1.165) is 6.07 Å². The first kappa shape index (κ1) is 14.5. The zero-order valence-electron chi connectivity index (χ0n) is 10.4. The largest absolute Gasteiger partial charge is 0.506 e. The molecular formula is C12H14N2O5. The van der Waals surface area contributed by atoms with Crippen molar-refractivity contribution in [1.82, 2.24) is 5.32 Å². The lowest BCUT2D eigenvalue weighted by Crippen LogP contribution is -2.40. The fourth-order valence-electron chi connectivity index (χ4n) is 1.38. The lowest BCUT2D eigenvalue weighted by Gasteiger charge is -2.13. The number of phenolic OH excluding ortho intramolecular Hbond substituents is 1. The number of amides is 2. The fourth-order valence-corrected chi connectivity index (χ4v) is 1.38. The molecule has 0 saturated carbocycles. The number of rotatable bonds is 4. The predicted molar refractivity (Wildman–Crippen MR) is 67.0 cm³/mol. The van der Waals surface area contributed by atoms with Gasteiger partial charge in [-0.2, -0.15) is 0 Å². The summed E-state index contributed by atoms with van der Waals surface area (Å²) in [5, 5.41) is 23.1. The summed E-state index contributed by atoms with van der Waals surface area (Å²) in [6, 6.07) is 2.72. The molecular weight excluding hydrogens is 252 g/mol. The topological polar surface area (TPSA) is 116 Å². The molecule has 1 aromatic rings. The van der Waals surface area contributed by atoms with E-state index in [9.17, 15) is 19.5 Å². The van der Waals surface area contributed by atoms with E-state index in [0.29, 0.717) is 0 Å². The van der Waals surface area contributed by atoms with Crippen molar-refractivity contribution in [2.24, 2.45) is 0 Å². The van der Waals surface area contributed by atoms with Crippen molar-refractivity contribution in [2.75, 3.05) is 5.32 Å². The predicted octanol–water partition coefficient (Wildman–Crippen LogP) is 0.553. The summed E-state index contributed by atoms with van der Waals surface area (Å²) in [6.45, 7) is 2.74. The first-order valence-electron chi connectivity index (χ1n) is 5.45. The molecule has 0 aliphatic rings. The summed E-state index contributed by atoms with van der Waals surface area (Å²) >= 11 is 0. The second-order valence-electron chi connectivity index (χ2n) is 3.95. The minimum atomic E-state index is -1.18. The number of benzene rings is 1. The Morgan fingerprint density at radius 3 is 2.42 bits per heavy atom. The molecule has 0 aliphatic heterocycles. The maximum absolute atomic E-state index is 11.7. The Kier molecular flexibility index (Phi) is 4.46. The maximum Gasteiger partial charge on any atom is 0.335 e. The van der Waals surface area contributed by atoms with Crippen LogP contribution < -0.4 is 10.6 Å². The Morgan fingerprint density at radius 1 is 1.26 bits per heavy atom. The molecule has 0 saturated heterocycles. The van der Waals surface area contributed by atoms with Crippen molar-refractivity contribution in [2.45, 2.75) is 19.9 Å². The van der Waals surface area contributed by atoms with E-state index in [1.807, 2.05) is 0 Å². The molecule has 1 unspecified atom stereocenters. The first-order valence-corrected chi connectivity index (χ1v) is 5.45. The lowest BCUT2D eigenvalue weighted by atomic mass is 10.2. The number of carbonyl (C=O) groups is 3. The van der Waals surface area contributed by atoms with Crippen molar-refractivity contribution in [3.05, 3.63) is 23.8 Å². The van der Waals surface area contributed by atoms with Crippen molar-refractivity contribution >= 4 is 23.5 Å². The SMILES string of the molecule is CC(=O)NC(C)C(=O)Nc1cc(C(=O)O)ccc1O. The second kappa shape index (κ2) is 5.85. The third kappa shape index (κ3) is 3.98. The normalized spacial score (nSPS) is 11.5. The number of carbonyl (C=O) groups excluding carboxylic acids is 2. The van der Waals surface area contributed by atoms with Crippen molar-refractivity contribution in [1.29, 1.82) is 0 Å². The maximum atomic E-state index is 11.7. The molecule has 0 aliphatic carbocycles. The van der Waals surface area contributed by atoms with Gasteiger partial charge in [-0.25, -0.2) is 4.79 Å². The summed E-state index contributed by atoms with van der Waals surface area (Å²) in [4.78, 5) is 33.3. The molecule has 0 bridgehead atoms. The molecule has 4 N–H and O–H groups in total. The monoisotopic (exact) mass is 266 g/mol. The van der Waals surface area contributed by atoms with Crippen LogP contribution in [0.5, 0.6) is 5.75 Å². The molecule has 2 amide bonds. The zero-order chi connectivity index (χ0) is 14.6. The molecule has 1 atom stereocenters. The molecule has 19 heavy (non-hydrogen) atoms. The van der Waals surface area contributed by atoms with E-state index in [1.54, 1.807) is 0 Å². The average Bonchev–Trinajstić information content (AvgIpc) is 2.30. The highest BCUT2D eigenvalue weighted by Gasteiger charge is 2.16. The van der Waals surface area contributed by atoms with E-state index in [2.05, 4.69) is 10.6 Å². The molecule has 0 spiro atoms. The number of hydrogen-bond donors (Lipinski definition) is 4. The Bertz CT molecular complexity index is 527. The minimum Gasteiger partial charge on any atom is -0.506 e. The smallest absolute Gasteiger partial charge is 0.335 e. The van der Waals surface area contributed by atoms with Crippen LogP contribution >= 0.6 is 0 Å². The highest BCUT2D eigenvalue weighted by Crippen LogP contribution is 2.24. The number of aromatic hydroxyl groups is 1. The molecule has 0 aromatic heterocycles. The molecule has 1 rings (SSSR count). The second-order valence-corrected chi connectivity index (χ2v) is 3.95. The number of aromatic carboxylic acids is 1. The van der Waals surface area contributed by atoms with Gasteiger partial charge in [-0.3, -0.25) is 9.59 Å². The fraction of sp³-hybridized carbons (Fsp3) is 0.250. The summed E-state index contributed by atoms with van der Waals surface area (Å²) in [7, 11) is 0. The third-order valence-corrected chi connectivity index (χ3v) is 2.31. The van der Waals surface area contributed by atoms with Gasteiger partial charge in [0, 0.05) is 6.92 Å². The summed E-state index contributed by atoms with van der Waals surface area (Å²) in [5.74, 6) is -2.36. The van der Waals surface area contributed by atoms with Crippen LogP contribution in [0.2, 0.25) is 0 Å². The van der Waals surface area contributed by atoms with E-state index in [-0.39, 0.29) is 22.9 Å². The molecule has 102 valence electrons.